The van der Waals surface area contributed by atoms with Crippen molar-refractivity contribution in [3.8, 4) is 5.75 Å². The lowest BCUT2D eigenvalue weighted by Gasteiger charge is -2.21. The standard InChI is InChI=1S/C19H21BrN2O4/c1-19(2,3)22-18(25)21-15-10-9-12(11-14(15)20)16(17(23)24)26-13-7-5-4-6-8-13/h4-11,16H,1-3H3,(H,23,24)(H2,21,22,25). The highest BCUT2D eigenvalue weighted by Crippen LogP contribution is 2.29. The van der Waals surface area contributed by atoms with E-state index in [2.05, 4.69) is 26.6 Å². The molecule has 3 N–H and O–H groups in total. The molecule has 0 bridgehead atoms. The van der Waals surface area contributed by atoms with Crippen molar-refractivity contribution in [3.05, 3.63) is 58.6 Å². The van der Waals surface area contributed by atoms with Crippen LogP contribution < -0.4 is 15.4 Å². The Hall–Kier alpha value is -2.54. The Morgan fingerprint density at radius 1 is 1.12 bits per heavy atom. The molecule has 0 aliphatic rings. The summed E-state index contributed by atoms with van der Waals surface area (Å²) >= 11 is 3.37. The van der Waals surface area contributed by atoms with Gasteiger partial charge in [0, 0.05) is 15.6 Å². The van der Waals surface area contributed by atoms with Crippen LogP contribution in [0.5, 0.6) is 5.75 Å². The number of anilines is 1. The third-order valence-electron chi connectivity index (χ3n) is 3.25. The number of ether oxygens (including phenoxy) is 1. The smallest absolute Gasteiger partial charge is 0.349 e. The number of rotatable bonds is 5. The minimum atomic E-state index is -1.16. The van der Waals surface area contributed by atoms with Crippen LogP contribution in [0.15, 0.2) is 53.0 Å². The molecular formula is C19H21BrN2O4. The first-order chi connectivity index (χ1) is 12.2. The second-order valence-corrected chi connectivity index (χ2v) is 7.57. The zero-order chi connectivity index (χ0) is 19.3. The molecule has 2 amide bonds. The van der Waals surface area contributed by atoms with Crippen molar-refractivity contribution in [3.63, 3.8) is 0 Å². The van der Waals surface area contributed by atoms with Crippen LogP contribution in [0.25, 0.3) is 0 Å². The number of carbonyl (C=O) groups excluding carboxylic acids is 1. The normalized spacial score (nSPS) is 12.2. The van der Waals surface area contributed by atoms with Crippen molar-refractivity contribution in [2.24, 2.45) is 0 Å². The average Bonchev–Trinajstić information content (AvgIpc) is 2.53. The van der Waals surface area contributed by atoms with Crippen molar-refractivity contribution in [1.82, 2.24) is 5.32 Å². The molecule has 26 heavy (non-hydrogen) atoms. The van der Waals surface area contributed by atoms with Crippen LogP contribution in [-0.2, 0) is 4.79 Å². The Morgan fingerprint density at radius 3 is 2.31 bits per heavy atom. The van der Waals surface area contributed by atoms with Gasteiger partial charge < -0.3 is 20.5 Å². The minimum absolute atomic E-state index is 0.346. The number of amides is 2. The van der Waals surface area contributed by atoms with Crippen LogP contribution in [0.4, 0.5) is 10.5 Å². The second-order valence-electron chi connectivity index (χ2n) is 6.72. The van der Waals surface area contributed by atoms with E-state index in [1.165, 1.54) is 0 Å². The molecule has 0 saturated heterocycles. The van der Waals surface area contributed by atoms with E-state index in [9.17, 15) is 14.7 Å². The van der Waals surface area contributed by atoms with Crippen LogP contribution in [0.3, 0.4) is 0 Å². The maximum absolute atomic E-state index is 12.0. The van der Waals surface area contributed by atoms with Gasteiger partial charge in [-0.1, -0.05) is 24.3 Å². The van der Waals surface area contributed by atoms with Gasteiger partial charge in [0.2, 0.25) is 6.10 Å². The summed E-state index contributed by atoms with van der Waals surface area (Å²) in [6, 6.07) is 13.3. The number of hydrogen-bond donors (Lipinski definition) is 3. The van der Waals surface area contributed by atoms with E-state index in [0.717, 1.165) is 0 Å². The Morgan fingerprint density at radius 2 is 1.77 bits per heavy atom. The molecule has 2 aromatic rings. The number of carboxylic acid groups (broad SMARTS) is 1. The van der Waals surface area contributed by atoms with Gasteiger partial charge in [-0.25, -0.2) is 9.59 Å². The van der Waals surface area contributed by atoms with E-state index >= 15 is 0 Å². The van der Waals surface area contributed by atoms with E-state index in [0.29, 0.717) is 21.5 Å². The van der Waals surface area contributed by atoms with E-state index in [1.807, 2.05) is 26.8 Å². The lowest BCUT2D eigenvalue weighted by Crippen LogP contribution is -2.43. The van der Waals surface area contributed by atoms with Crippen LogP contribution in [0, 0.1) is 0 Å². The number of hydrogen-bond acceptors (Lipinski definition) is 3. The molecule has 2 rings (SSSR count). The zero-order valence-electron chi connectivity index (χ0n) is 14.7. The molecule has 138 valence electrons. The SMILES string of the molecule is CC(C)(C)NC(=O)Nc1ccc(C(Oc2ccccc2)C(=O)O)cc1Br. The largest absolute Gasteiger partial charge is 0.478 e. The molecular weight excluding hydrogens is 400 g/mol. The molecule has 0 aromatic heterocycles. The maximum atomic E-state index is 12.0. The van der Waals surface area contributed by atoms with E-state index in [4.69, 9.17) is 4.74 Å². The number of carboxylic acids is 1. The van der Waals surface area contributed by atoms with Crippen LogP contribution >= 0.6 is 15.9 Å². The highest BCUT2D eigenvalue weighted by molar-refractivity contribution is 9.10. The summed E-state index contributed by atoms with van der Waals surface area (Å²) in [6.07, 6.45) is -1.16. The zero-order valence-corrected chi connectivity index (χ0v) is 16.3. The third-order valence-corrected chi connectivity index (χ3v) is 3.91. The van der Waals surface area contributed by atoms with Gasteiger partial charge in [-0.3, -0.25) is 0 Å². The van der Waals surface area contributed by atoms with Gasteiger partial charge in [0.15, 0.2) is 0 Å². The molecule has 0 fully saturated rings. The van der Waals surface area contributed by atoms with Gasteiger partial charge in [0.05, 0.1) is 5.69 Å². The van der Waals surface area contributed by atoms with Crippen LogP contribution in [-0.4, -0.2) is 22.6 Å². The summed E-state index contributed by atoms with van der Waals surface area (Å²) in [4.78, 5) is 23.6. The summed E-state index contributed by atoms with van der Waals surface area (Å²) in [5, 5.41) is 15.0. The van der Waals surface area contributed by atoms with Crippen molar-refractivity contribution >= 4 is 33.6 Å². The quantitative estimate of drug-likeness (QED) is 0.660. The first kappa shape index (κ1) is 19.8. The highest BCUT2D eigenvalue weighted by Gasteiger charge is 2.23. The summed E-state index contributed by atoms with van der Waals surface area (Å²) in [6.45, 7) is 5.63. The van der Waals surface area contributed by atoms with Gasteiger partial charge in [-0.15, -0.1) is 0 Å². The summed E-state index contributed by atoms with van der Waals surface area (Å²) in [5.41, 5.74) is 0.614. The monoisotopic (exact) mass is 420 g/mol. The Labute approximate surface area is 160 Å². The molecule has 0 radical (unpaired) electrons. The van der Waals surface area contributed by atoms with E-state index in [-0.39, 0.29) is 11.6 Å². The number of nitrogens with one attached hydrogen (secondary N) is 2. The van der Waals surface area contributed by atoms with Gasteiger partial charge in [-0.05, 0) is 61.0 Å². The Balaban J connectivity index is 2.18. The molecule has 1 unspecified atom stereocenters. The predicted molar refractivity (Wildman–Crippen MR) is 103 cm³/mol. The van der Waals surface area contributed by atoms with Gasteiger partial charge in [0.1, 0.15) is 5.75 Å². The van der Waals surface area contributed by atoms with Crippen molar-refractivity contribution in [1.29, 1.82) is 0 Å². The molecule has 2 aromatic carbocycles. The number of aliphatic carboxylic acids is 1. The molecule has 0 saturated carbocycles. The topological polar surface area (TPSA) is 87.7 Å². The summed E-state index contributed by atoms with van der Waals surface area (Å²) in [7, 11) is 0. The van der Waals surface area contributed by atoms with Crippen molar-refractivity contribution < 1.29 is 19.4 Å². The summed E-state index contributed by atoms with van der Waals surface area (Å²) in [5.74, 6) is -0.644. The first-order valence-electron chi connectivity index (χ1n) is 7.99. The Kier molecular flexibility index (Phi) is 6.26. The number of urea groups is 1. The summed E-state index contributed by atoms with van der Waals surface area (Å²) < 4.78 is 6.14. The van der Waals surface area contributed by atoms with Gasteiger partial charge >= 0.3 is 12.0 Å². The minimum Gasteiger partial charge on any atom is -0.478 e. The first-order valence-corrected chi connectivity index (χ1v) is 8.78. The third kappa shape index (κ3) is 5.77. The Bertz CT molecular complexity index is 788. The van der Waals surface area contributed by atoms with Gasteiger partial charge in [-0.2, -0.15) is 0 Å². The fourth-order valence-corrected chi connectivity index (χ4v) is 2.68. The molecule has 0 aliphatic carbocycles. The fraction of sp³-hybridized carbons (Fsp3) is 0.263. The van der Waals surface area contributed by atoms with Crippen molar-refractivity contribution in [2.75, 3.05) is 5.32 Å². The molecule has 1 atom stereocenters. The molecule has 7 heteroatoms. The lowest BCUT2D eigenvalue weighted by atomic mass is 10.1. The second kappa shape index (κ2) is 8.23. The number of para-hydroxylation sites is 1. The molecule has 6 nitrogen and oxygen atoms in total. The van der Waals surface area contributed by atoms with Gasteiger partial charge in [0.25, 0.3) is 0 Å². The molecule has 0 aliphatic heterocycles. The van der Waals surface area contributed by atoms with Crippen LogP contribution in [0.1, 0.15) is 32.4 Å². The molecule has 0 heterocycles. The maximum Gasteiger partial charge on any atom is 0.349 e. The number of halogens is 1. The van der Waals surface area contributed by atoms with E-state index < -0.39 is 12.1 Å². The fourth-order valence-electron chi connectivity index (χ4n) is 2.19. The average molecular weight is 421 g/mol. The predicted octanol–water partition coefficient (Wildman–Crippen LogP) is 4.57. The number of carbonyl (C=O) groups is 2. The lowest BCUT2D eigenvalue weighted by molar-refractivity contribution is -0.145. The van der Waals surface area contributed by atoms with Crippen LogP contribution in [0.2, 0.25) is 0 Å². The van der Waals surface area contributed by atoms with E-state index in [1.54, 1.807) is 42.5 Å². The molecule has 0 spiro atoms. The number of benzene rings is 2. The highest BCUT2D eigenvalue weighted by atomic mass is 79.9. The van der Waals surface area contributed by atoms with Crippen molar-refractivity contribution in [2.45, 2.75) is 32.4 Å².